The van der Waals surface area contributed by atoms with Crippen molar-refractivity contribution in [3.63, 3.8) is 0 Å². The second kappa shape index (κ2) is 9.50. The number of hydrogen-bond acceptors (Lipinski definition) is 6. The summed E-state index contributed by atoms with van der Waals surface area (Å²) < 4.78 is 5.55. The number of anilines is 1. The van der Waals surface area contributed by atoms with E-state index in [0.29, 0.717) is 23.7 Å². The number of rotatable bonds is 7. The number of aliphatic carboxylic acids is 1. The number of nitrogens with one attached hydrogen (secondary N) is 1. The van der Waals surface area contributed by atoms with Crippen molar-refractivity contribution >= 4 is 34.4 Å². The zero-order valence-corrected chi connectivity index (χ0v) is 20.0. The van der Waals surface area contributed by atoms with Gasteiger partial charge in [0.05, 0.1) is 18.0 Å². The molecule has 180 valence electrons. The van der Waals surface area contributed by atoms with Crippen LogP contribution in [0, 0.1) is 5.92 Å². The first kappa shape index (κ1) is 23.0. The van der Waals surface area contributed by atoms with Gasteiger partial charge in [-0.1, -0.05) is 48.5 Å². The van der Waals surface area contributed by atoms with E-state index in [1.54, 1.807) is 17.3 Å². The summed E-state index contributed by atoms with van der Waals surface area (Å²) in [6.45, 7) is 0.208. The van der Waals surface area contributed by atoms with Gasteiger partial charge in [-0.2, -0.15) is 0 Å². The number of carboxylic acid groups (broad SMARTS) is 1. The van der Waals surface area contributed by atoms with E-state index < -0.39 is 12.1 Å². The number of amides is 2. The first-order valence-corrected chi connectivity index (χ1v) is 12.3. The summed E-state index contributed by atoms with van der Waals surface area (Å²) in [5.41, 5.74) is 5.16. The average Bonchev–Trinajstić information content (AvgIpc) is 3.38. The molecular formula is C26H25N3O5S. The topological polar surface area (TPSA) is 109 Å². The van der Waals surface area contributed by atoms with Crippen molar-refractivity contribution in [2.75, 3.05) is 19.0 Å². The predicted octanol–water partition coefficient (Wildman–Crippen LogP) is 4.37. The van der Waals surface area contributed by atoms with E-state index >= 15 is 0 Å². The molecule has 0 atom stereocenters. The second-order valence-corrected chi connectivity index (χ2v) is 9.79. The van der Waals surface area contributed by atoms with Gasteiger partial charge in [0.25, 0.3) is 0 Å². The largest absolute Gasteiger partial charge is 0.481 e. The van der Waals surface area contributed by atoms with Crippen LogP contribution in [0.2, 0.25) is 0 Å². The van der Waals surface area contributed by atoms with E-state index in [-0.39, 0.29) is 36.8 Å². The third kappa shape index (κ3) is 4.64. The maximum Gasteiger partial charge on any atom is 0.413 e. The number of hydrogen-bond donors (Lipinski definition) is 2. The standard InChI is InChI=1S/C26H25N3O5S/c1-29(17-10-15(11-17)24(31)32)23(30)12-16-14-35-25(27-16)28-26(33)34-13-22-20-8-4-2-6-18(20)19-7-3-5-9-21(19)22/h2-9,14-15,17,22H,10-13H2,1H3,(H,31,32)(H,27,28,33). The molecular weight excluding hydrogens is 466 g/mol. The number of fused-ring (bicyclic) bond motifs is 3. The monoisotopic (exact) mass is 491 g/mol. The first-order chi connectivity index (χ1) is 16.9. The van der Waals surface area contributed by atoms with E-state index in [0.717, 1.165) is 22.3 Å². The van der Waals surface area contributed by atoms with Gasteiger partial charge < -0.3 is 14.7 Å². The van der Waals surface area contributed by atoms with Crippen LogP contribution in [0.4, 0.5) is 9.93 Å². The number of ether oxygens (including phenoxy) is 1. The van der Waals surface area contributed by atoms with Crippen molar-refractivity contribution in [1.82, 2.24) is 9.88 Å². The van der Waals surface area contributed by atoms with Gasteiger partial charge in [-0.15, -0.1) is 11.3 Å². The number of nitrogens with zero attached hydrogens (tertiary/aromatic N) is 2. The van der Waals surface area contributed by atoms with Crippen LogP contribution in [0.25, 0.3) is 11.1 Å². The molecule has 5 rings (SSSR count). The van der Waals surface area contributed by atoms with Crippen molar-refractivity contribution in [1.29, 1.82) is 0 Å². The van der Waals surface area contributed by atoms with Crippen LogP contribution >= 0.6 is 11.3 Å². The number of carbonyl (C=O) groups excluding carboxylic acids is 2. The Morgan fingerprint density at radius 3 is 2.34 bits per heavy atom. The molecule has 2 aliphatic rings. The van der Waals surface area contributed by atoms with E-state index in [2.05, 4.69) is 34.6 Å². The molecule has 1 heterocycles. The summed E-state index contributed by atoms with van der Waals surface area (Å²) in [5, 5.41) is 13.8. The lowest BCUT2D eigenvalue weighted by atomic mass is 9.79. The SMILES string of the molecule is CN(C(=O)Cc1csc(NC(=O)OCC2c3ccccc3-c3ccccc32)n1)C1CC(C(=O)O)C1. The molecule has 1 fully saturated rings. The fraction of sp³-hybridized carbons (Fsp3) is 0.308. The smallest absolute Gasteiger partial charge is 0.413 e. The quantitative estimate of drug-likeness (QED) is 0.508. The highest BCUT2D eigenvalue weighted by Crippen LogP contribution is 2.44. The number of thiazole rings is 1. The lowest BCUT2D eigenvalue weighted by Gasteiger charge is -2.39. The highest BCUT2D eigenvalue weighted by atomic mass is 32.1. The Morgan fingerprint density at radius 2 is 1.71 bits per heavy atom. The molecule has 35 heavy (non-hydrogen) atoms. The van der Waals surface area contributed by atoms with Crippen LogP contribution < -0.4 is 5.32 Å². The van der Waals surface area contributed by atoms with Crippen LogP contribution in [0.5, 0.6) is 0 Å². The van der Waals surface area contributed by atoms with E-state index in [1.165, 1.54) is 11.3 Å². The highest BCUT2D eigenvalue weighted by Gasteiger charge is 2.38. The molecule has 9 heteroatoms. The molecule has 0 radical (unpaired) electrons. The minimum Gasteiger partial charge on any atom is -0.481 e. The van der Waals surface area contributed by atoms with Gasteiger partial charge in [0, 0.05) is 24.4 Å². The summed E-state index contributed by atoms with van der Waals surface area (Å²) in [6.07, 6.45) is 0.449. The highest BCUT2D eigenvalue weighted by molar-refractivity contribution is 7.13. The fourth-order valence-electron chi connectivity index (χ4n) is 4.76. The van der Waals surface area contributed by atoms with Gasteiger partial charge in [0.15, 0.2) is 5.13 Å². The molecule has 0 spiro atoms. The lowest BCUT2D eigenvalue weighted by molar-refractivity contribution is -0.149. The number of carboxylic acids is 1. The second-order valence-electron chi connectivity index (χ2n) is 8.94. The number of likely N-dealkylation sites (N-methyl/N-ethyl adjacent to an activating group) is 1. The summed E-state index contributed by atoms with van der Waals surface area (Å²) in [5.74, 6) is -1.34. The van der Waals surface area contributed by atoms with Gasteiger partial charge in [-0.3, -0.25) is 14.9 Å². The summed E-state index contributed by atoms with van der Waals surface area (Å²) >= 11 is 1.23. The molecule has 0 unspecified atom stereocenters. The van der Waals surface area contributed by atoms with Crippen molar-refractivity contribution in [2.24, 2.45) is 5.92 Å². The molecule has 0 aliphatic heterocycles. The summed E-state index contributed by atoms with van der Waals surface area (Å²) in [7, 11) is 1.69. The number of benzene rings is 2. The molecule has 1 saturated carbocycles. The zero-order valence-electron chi connectivity index (χ0n) is 19.1. The van der Waals surface area contributed by atoms with Crippen molar-refractivity contribution in [3.05, 3.63) is 70.7 Å². The van der Waals surface area contributed by atoms with Crippen molar-refractivity contribution in [2.45, 2.75) is 31.2 Å². The zero-order chi connectivity index (χ0) is 24.5. The maximum absolute atomic E-state index is 12.5. The van der Waals surface area contributed by atoms with Crippen LogP contribution in [0.1, 0.15) is 35.6 Å². The molecule has 2 amide bonds. The Hall–Kier alpha value is -3.72. The number of aromatic nitrogens is 1. The van der Waals surface area contributed by atoms with Gasteiger partial charge in [0.2, 0.25) is 5.91 Å². The Bertz CT molecular complexity index is 1240. The Labute approximate surface area is 206 Å². The Balaban J connectivity index is 1.14. The van der Waals surface area contributed by atoms with Crippen molar-refractivity contribution in [3.8, 4) is 11.1 Å². The fourth-order valence-corrected chi connectivity index (χ4v) is 5.45. The third-order valence-corrected chi connectivity index (χ3v) is 7.65. The minimum atomic E-state index is -0.814. The molecule has 2 aliphatic carbocycles. The van der Waals surface area contributed by atoms with Crippen LogP contribution in [-0.4, -0.2) is 52.7 Å². The normalized spacial score (nSPS) is 18.2. The predicted molar refractivity (Wildman–Crippen MR) is 131 cm³/mol. The average molecular weight is 492 g/mol. The van der Waals surface area contributed by atoms with E-state index in [1.807, 2.05) is 24.3 Å². The van der Waals surface area contributed by atoms with E-state index in [9.17, 15) is 14.4 Å². The molecule has 0 bridgehead atoms. The van der Waals surface area contributed by atoms with Gasteiger partial charge >= 0.3 is 12.1 Å². The van der Waals surface area contributed by atoms with Gasteiger partial charge in [-0.05, 0) is 35.1 Å². The molecule has 3 aromatic rings. The summed E-state index contributed by atoms with van der Waals surface area (Å²) in [6, 6.07) is 16.2. The minimum absolute atomic E-state index is 0.0274. The molecule has 2 aromatic carbocycles. The number of carbonyl (C=O) groups is 3. The van der Waals surface area contributed by atoms with Crippen LogP contribution in [0.15, 0.2) is 53.9 Å². The summed E-state index contributed by atoms with van der Waals surface area (Å²) in [4.78, 5) is 41.9. The van der Waals surface area contributed by atoms with Crippen LogP contribution in [-0.2, 0) is 20.7 Å². The third-order valence-electron chi connectivity index (χ3n) is 6.84. The molecule has 0 saturated heterocycles. The molecule has 8 nitrogen and oxygen atoms in total. The lowest BCUT2D eigenvalue weighted by Crippen LogP contribution is -2.48. The Kier molecular flexibility index (Phi) is 6.25. The Morgan fingerprint density at radius 1 is 1.09 bits per heavy atom. The van der Waals surface area contributed by atoms with Crippen LogP contribution in [0.3, 0.4) is 0 Å². The van der Waals surface area contributed by atoms with E-state index in [4.69, 9.17) is 9.84 Å². The first-order valence-electron chi connectivity index (χ1n) is 11.5. The molecule has 2 N–H and O–H groups in total. The van der Waals surface area contributed by atoms with Gasteiger partial charge in [0.1, 0.15) is 6.61 Å². The van der Waals surface area contributed by atoms with Gasteiger partial charge in [-0.25, -0.2) is 9.78 Å². The van der Waals surface area contributed by atoms with Crippen molar-refractivity contribution < 1.29 is 24.2 Å². The maximum atomic E-state index is 12.5. The molecule has 1 aromatic heterocycles.